The minimum Gasteiger partial charge on any atom is -0.466 e. The standard InChI is InChI=1S/C50H94N2O6/c1-4-6-29-45-31-22-18-19-23-32-46(30-7-5-2)44-50(55)57-42-27-21-15-11-9-13-17-25-34-47(58-48(53)35-28-36-52-39-37-51(3)38-40-52)33-24-16-12-8-10-14-20-26-41-56-49(54)43-45/h45-47H,4-44H2,1-3H3. The minimum atomic E-state index is -0.00673. The van der Waals surface area contributed by atoms with Crippen molar-refractivity contribution in [3.63, 3.8) is 0 Å². The second-order valence-corrected chi connectivity index (χ2v) is 18.5. The molecule has 2 rings (SSSR count). The lowest BCUT2D eigenvalue weighted by Crippen LogP contribution is -2.44. The average molecular weight is 819 g/mol. The van der Waals surface area contributed by atoms with E-state index < -0.39 is 0 Å². The van der Waals surface area contributed by atoms with Crippen LogP contribution in [0.4, 0.5) is 0 Å². The lowest BCUT2D eigenvalue weighted by atomic mass is 9.90. The van der Waals surface area contributed by atoms with Crippen molar-refractivity contribution < 1.29 is 28.6 Å². The number of esters is 3. The van der Waals surface area contributed by atoms with Crippen LogP contribution in [0, 0.1) is 11.8 Å². The highest BCUT2D eigenvalue weighted by molar-refractivity contribution is 5.70. The third-order valence-corrected chi connectivity index (χ3v) is 12.9. The van der Waals surface area contributed by atoms with E-state index >= 15 is 0 Å². The Morgan fingerprint density at radius 2 is 0.948 bits per heavy atom. The summed E-state index contributed by atoms with van der Waals surface area (Å²) in [5, 5.41) is 0. The van der Waals surface area contributed by atoms with Crippen LogP contribution in [-0.2, 0) is 28.6 Å². The van der Waals surface area contributed by atoms with Crippen molar-refractivity contribution in [2.75, 3.05) is 53.0 Å². The smallest absolute Gasteiger partial charge is 0.306 e. The number of hydrogen-bond donors (Lipinski definition) is 0. The lowest BCUT2D eigenvalue weighted by Gasteiger charge is -2.32. The predicted molar refractivity (Wildman–Crippen MR) is 241 cm³/mol. The number of cyclic esters (lactones) is 2. The van der Waals surface area contributed by atoms with E-state index in [4.69, 9.17) is 14.2 Å². The molecule has 58 heavy (non-hydrogen) atoms. The Bertz CT molecular complexity index is 929. The molecule has 0 aromatic heterocycles. The second kappa shape index (κ2) is 37.1. The number of ether oxygens (including phenoxy) is 3. The molecule has 2 heterocycles. The average Bonchev–Trinajstić information content (AvgIpc) is 3.21. The molecule has 0 aromatic carbocycles. The summed E-state index contributed by atoms with van der Waals surface area (Å²) >= 11 is 0. The van der Waals surface area contributed by atoms with E-state index in [1.54, 1.807) is 0 Å². The fourth-order valence-electron chi connectivity index (χ4n) is 8.96. The normalized spacial score (nSPS) is 25.1. The minimum absolute atomic E-state index is 0.00545. The second-order valence-electron chi connectivity index (χ2n) is 18.5. The zero-order chi connectivity index (χ0) is 41.7. The largest absolute Gasteiger partial charge is 0.466 e. The molecular formula is C50H94N2O6. The fraction of sp³-hybridized carbons (Fsp3) is 0.940. The Kier molecular flexibility index (Phi) is 33.6. The van der Waals surface area contributed by atoms with Crippen molar-refractivity contribution >= 4 is 17.9 Å². The van der Waals surface area contributed by atoms with Crippen LogP contribution in [0.5, 0.6) is 0 Å². The molecular weight excluding hydrogens is 725 g/mol. The molecule has 0 spiro atoms. The molecule has 2 aliphatic heterocycles. The highest BCUT2D eigenvalue weighted by Crippen LogP contribution is 2.25. The van der Waals surface area contributed by atoms with E-state index in [2.05, 4.69) is 30.7 Å². The van der Waals surface area contributed by atoms with Gasteiger partial charge in [-0.2, -0.15) is 0 Å². The van der Waals surface area contributed by atoms with Crippen molar-refractivity contribution in [2.24, 2.45) is 11.8 Å². The summed E-state index contributed by atoms with van der Waals surface area (Å²) in [5.74, 6) is 0.855. The van der Waals surface area contributed by atoms with E-state index in [-0.39, 0.29) is 24.0 Å². The molecule has 2 unspecified atom stereocenters. The zero-order valence-corrected chi connectivity index (χ0v) is 38.6. The van der Waals surface area contributed by atoms with Crippen LogP contribution in [0.25, 0.3) is 0 Å². The summed E-state index contributed by atoms with van der Waals surface area (Å²) in [6, 6.07) is 0. The van der Waals surface area contributed by atoms with Gasteiger partial charge in [0.05, 0.1) is 13.2 Å². The summed E-state index contributed by atoms with van der Waals surface area (Å²) in [7, 11) is 2.18. The highest BCUT2D eigenvalue weighted by atomic mass is 16.5. The first-order chi connectivity index (χ1) is 28.4. The van der Waals surface area contributed by atoms with E-state index in [1.807, 2.05) is 0 Å². The van der Waals surface area contributed by atoms with Gasteiger partial charge >= 0.3 is 17.9 Å². The molecule has 0 N–H and O–H groups in total. The van der Waals surface area contributed by atoms with Crippen LogP contribution in [0.2, 0.25) is 0 Å². The van der Waals surface area contributed by atoms with Gasteiger partial charge < -0.3 is 24.0 Å². The monoisotopic (exact) mass is 819 g/mol. The van der Waals surface area contributed by atoms with E-state index in [0.29, 0.717) is 44.3 Å². The highest BCUT2D eigenvalue weighted by Gasteiger charge is 2.19. The van der Waals surface area contributed by atoms with Crippen LogP contribution in [0.3, 0.4) is 0 Å². The molecule has 0 saturated carbocycles. The molecule has 2 aliphatic rings. The first kappa shape index (κ1) is 52.5. The van der Waals surface area contributed by atoms with Gasteiger partial charge in [-0.3, -0.25) is 14.4 Å². The van der Waals surface area contributed by atoms with Gasteiger partial charge in [0.25, 0.3) is 0 Å². The van der Waals surface area contributed by atoms with Crippen LogP contribution in [-0.4, -0.2) is 86.8 Å². The molecule has 0 aliphatic carbocycles. The lowest BCUT2D eigenvalue weighted by molar-refractivity contribution is -0.150. The first-order valence-electron chi connectivity index (χ1n) is 25.3. The third kappa shape index (κ3) is 30.4. The van der Waals surface area contributed by atoms with Crippen molar-refractivity contribution in [3.8, 4) is 0 Å². The molecule has 2 fully saturated rings. The fourth-order valence-corrected chi connectivity index (χ4v) is 8.96. The third-order valence-electron chi connectivity index (χ3n) is 12.9. The number of rotatable bonds is 11. The van der Waals surface area contributed by atoms with Crippen LogP contribution in [0.15, 0.2) is 0 Å². The number of nitrogens with zero attached hydrogens (tertiary/aromatic N) is 2. The van der Waals surface area contributed by atoms with Crippen LogP contribution >= 0.6 is 0 Å². The Morgan fingerprint density at radius 3 is 1.38 bits per heavy atom. The Balaban J connectivity index is 1.81. The van der Waals surface area contributed by atoms with Gasteiger partial charge in [0, 0.05) is 45.4 Å². The van der Waals surface area contributed by atoms with Crippen molar-refractivity contribution in [1.29, 1.82) is 0 Å². The summed E-state index contributed by atoms with van der Waals surface area (Å²) in [6.07, 6.45) is 37.2. The SMILES string of the molecule is CCCCC1CCCCCCC(CCCC)CC(=O)OCCCCCCCCCCC(OC(=O)CCCN2CCN(C)CC2)CCCCCCCCCCOC(=O)C1. The molecule has 2 atom stereocenters. The quantitative estimate of drug-likeness (QED) is 0.150. The van der Waals surface area contributed by atoms with Crippen LogP contribution in [0.1, 0.15) is 232 Å². The maximum absolute atomic E-state index is 12.9. The number of piperazine rings is 1. The van der Waals surface area contributed by atoms with Gasteiger partial charge in [-0.05, 0) is 96.1 Å². The molecule has 0 amide bonds. The number of unbranched alkanes of at least 4 members (excludes halogenated alkanes) is 2. The van der Waals surface area contributed by atoms with Crippen molar-refractivity contribution in [2.45, 2.75) is 238 Å². The molecule has 8 nitrogen and oxygen atoms in total. The number of carbonyl (C=O) groups is 3. The van der Waals surface area contributed by atoms with Gasteiger partial charge in [0.2, 0.25) is 0 Å². The number of hydrogen-bond acceptors (Lipinski definition) is 8. The van der Waals surface area contributed by atoms with E-state index in [9.17, 15) is 14.4 Å². The summed E-state index contributed by atoms with van der Waals surface area (Å²) in [5.41, 5.74) is 0. The Labute approximate surface area is 358 Å². The molecule has 8 heteroatoms. The zero-order valence-electron chi connectivity index (χ0n) is 38.6. The van der Waals surface area contributed by atoms with Crippen LogP contribution < -0.4 is 0 Å². The van der Waals surface area contributed by atoms with E-state index in [1.165, 1.54) is 116 Å². The van der Waals surface area contributed by atoms with Gasteiger partial charge in [-0.1, -0.05) is 142 Å². The maximum atomic E-state index is 12.9. The molecule has 2 saturated heterocycles. The van der Waals surface area contributed by atoms with Crippen molar-refractivity contribution in [3.05, 3.63) is 0 Å². The number of carbonyl (C=O) groups excluding carboxylic acids is 3. The van der Waals surface area contributed by atoms with Gasteiger partial charge in [0.1, 0.15) is 6.10 Å². The Hall–Kier alpha value is -1.67. The van der Waals surface area contributed by atoms with E-state index in [0.717, 1.165) is 116 Å². The molecule has 0 radical (unpaired) electrons. The molecule has 0 bridgehead atoms. The van der Waals surface area contributed by atoms with Gasteiger partial charge in [-0.15, -0.1) is 0 Å². The van der Waals surface area contributed by atoms with Gasteiger partial charge in [-0.25, -0.2) is 0 Å². The van der Waals surface area contributed by atoms with Gasteiger partial charge in [0.15, 0.2) is 0 Å². The molecule has 340 valence electrons. The Morgan fingerprint density at radius 1 is 0.552 bits per heavy atom. The predicted octanol–water partition coefficient (Wildman–Crippen LogP) is 12.8. The first-order valence-corrected chi connectivity index (χ1v) is 25.3. The number of likely N-dealkylation sites (N-methyl/N-ethyl adjacent to an activating group) is 1. The molecule has 0 aromatic rings. The summed E-state index contributed by atoms with van der Waals surface area (Å²) in [6.45, 7) is 11.0. The summed E-state index contributed by atoms with van der Waals surface area (Å²) < 4.78 is 17.5. The maximum Gasteiger partial charge on any atom is 0.306 e. The topological polar surface area (TPSA) is 85.4 Å². The summed E-state index contributed by atoms with van der Waals surface area (Å²) in [4.78, 5) is 43.2. The van der Waals surface area contributed by atoms with Crippen molar-refractivity contribution in [1.82, 2.24) is 9.80 Å².